The van der Waals surface area contributed by atoms with Gasteiger partial charge in [-0.3, -0.25) is 4.79 Å². The topological polar surface area (TPSA) is 68.3 Å². The number of esters is 1. The van der Waals surface area contributed by atoms with Crippen molar-refractivity contribution in [2.24, 2.45) is 0 Å². The van der Waals surface area contributed by atoms with E-state index in [4.69, 9.17) is 16.3 Å². The summed E-state index contributed by atoms with van der Waals surface area (Å²) in [5, 5.41) is 5.36. The Bertz CT molecular complexity index is 958. The molecule has 0 radical (unpaired) electrons. The lowest BCUT2D eigenvalue weighted by Gasteiger charge is -2.08. The molecule has 1 aromatic heterocycles. The van der Waals surface area contributed by atoms with Gasteiger partial charge in [-0.05, 0) is 24.3 Å². The largest absolute Gasteiger partial charge is 0.465 e. The van der Waals surface area contributed by atoms with Crippen LogP contribution >= 0.6 is 34.7 Å². The predicted octanol–water partition coefficient (Wildman–Crippen LogP) is 4.98. The second kappa shape index (κ2) is 9.03. The molecule has 0 aliphatic carbocycles. The zero-order chi connectivity index (χ0) is 19.2. The number of methoxy groups -OCH3 is 1. The smallest absolute Gasteiger partial charge is 0.339 e. The molecule has 8 heteroatoms. The minimum absolute atomic E-state index is 0.184. The van der Waals surface area contributed by atoms with Crippen LogP contribution in [0.3, 0.4) is 0 Å². The highest BCUT2D eigenvalue weighted by Crippen LogP contribution is 2.29. The summed E-state index contributed by atoms with van der Waals surface area (Å²) in [6.45, 7) is 0. The van der Waals surface area contributed by atoms with Gasteiger partial charge in [0.25, 0.3) is 0 Å². The van der Waals surface area contributed by atoms with Gasteiger partial charge in [0.05, 0.1) is 29.8 Å². The molecule has 138 valence electrons. The van der Waals surface area contributed by atoms with Gasteiger partial charge in [0.15, 0.2) is 4.34 Å². The fraction of sp³-hybridized carbons (Fsp3) is 0.105. The summed E-state index contributed by atoms with van der Waals surface area (Å²) in [5.74, 6) is -0.533. The monoisotopic (exact) mass is 418 g/mol. The van der Waals surface area contributed by atoms with E-state index < -0.39 is 5.97 Å². The number of thioether (sulfide) groups is 1. The number of carbonyl (C=O) groups excluding carboxylic acids is 2. The molecular formula is C19H15ClN2O3S2. The van der Waals surface area contributed by atoms with Crippen molar-refractivity contribution in [1.29, 1.82) is 0 Å². The molecule has 27 heavy (non-hydrogen) atoms. The fourth-order valence-corrected chi connectivity index (χ4v) is 4.03. The van der Waals surface area contributed by atoms with Crippen LogP contribution in [0.25, 0.3) is 11.3 Å². The number of nitrogens with one attached hydrogen (secondary N) is 1. The lowest BCUT2D eigenvalue weighted by Crippen LogP contribution is -2.17. The van der Waals surface area contributed by atoms with E-state index in [1.807, 2.05) is 29.6 Å². The number of para-hydroxylation sites is 1. The zero-order valence-corrected chi connectivity index (χ0v) is 16.7. The van der Waals surface area contributed by atoms with Crippen LogP contribution in [-0.2, 0) is 9.53 Å². The van der Waals surface area contributed by atoms with Crippen molar-refractivity contribution in [2.45, 2.75) is 4.34 Å². The lowest BCUT2D eigenvalue weighted by molar-refractivity contribution is -0.113. The Kier molecular flexibility index (Phi) is 6.49. The fourth-order valence-electron chi connectivity index (χ4n) is 2.27. The van der Waals surface area contributed by atoms with E-state index in [1.54, 1.807) is 24.3 Å². The molecule has 0 unspecified atom stereocenters. The standard InChI is InChI=1S/C19H15ClN2O3S2/c1-25-18(24)14-4-2-3-5-15(14)21-17(23)11-27-19-22-16(10-26-19)12-6-8-13(20)9-7-12/h2-10H,11H2,1H3,(H,21,23). The van der Waals surface area contributed by atoms with Gasteiger partial charge in [0.2, 0.25) is 5.91 Å². The molecular weight excluding hydrogens is 404 g/mol. The first-order valence-electron chi connectivity index (χ1n) is 7.88. The van der Waals surface area contributed by atoms with Crippen molar-refractivity contribution in [1.82, 2.24) is 4.98 Å². The summed E-state index contributed by atoms with van der Waals surface area (Å²) in [5.41, 5.74) is 2.56. The van der Waals surface area contributed by atoms with Crippen molar-refractivity contribution in [3.63, 3.8) is 0 Å². The Morgan fingerprint density at radius 1 is 1.19 bits per heavy atom. The summed E-state index contributed by atoms with van der Waals surface area (Å²) in [6, 6.07) is 14.2. The highest BCUT2D eigenvalue weighted by atomic mass is 35.5. The van der Waals surface area contributed by atoms with Crippen LogP contribution in [0.2, 0.25) is 5.02 Å². The molecule has 0 bridgehead atoms. The molecule has 0 aliphatic rings. The third kappa shape index (κ3) is 5.09. The first-order valence-corrected chi connectivity index (χ1v) is 10.1. The summed E-state index contributed by atoms with van der Waals surface area (Å²) >= 11 is 8.71. The molecule has 0 spiro atoms. The van der Waals surface area contributed by atoms with Gasteiger partial charge in [-0.2, -0.15) is 0 Å². The number of amides is 1. The van der Waals surface area contributed by atoms with E-state index in [9.17, 15) is 9.59 Å². The molecule has 0 fully saturated rings. The van der Waals surface area contributed by atoms with E-state index in [1.165, 1.54) is 30.2 Å². The Morgan fingerprint density at radius 3 is 2.67 bits per heavy atom. The Morgan fingerprint density at radius 2 is 1.93 bits per heavy atom. The number of hydrogen-bond acceptors (Lipinski definition) is 6. The van der Waals surface area contributed by atoms with Crippen molar-refractivity contribution in [2.75, 3.05) is 18.2 Å². The van der Waals surface area contributed by atoms with Gasteiger partial charge < -0.3 is 10.1 Å². The van der Waals surface area contributed by atoms with Crippen LogP contribution in [0.4, 0.5) is 5.69 Å². The summed E-state index contributed by atoms with van der Waals surface area (Å²) in [4.78, 5) is 28.5. The van der Waals surface area contributed by atoms with Crippen LogP contribution in [0, 0.1) is 0 Å². The normalized spacial score (nSPS) is 10.4. The molecule has 1 heterocycles. The maximum atomic E-state index is 12.2. The third-order valence-electron chi connectivity index (χ3n) is 3.56. The van der Waals surface area contributed by atoms with Crippen LogP contribution in [-0.4, -0.2) is 29.7 Å². The van der Waals surface area contributed by atoms with Crippen molar-refractivity contribution in [3.05, 3.63) is 64.5 Å². The number of halogens is 1. The van der Waals surface area contributed by atoms with Crippen LogP contribution < -0.4 is 5.32 Å². The maximum absolute atomic E-state index is 12.2. The first kappa shape index (κ1) is 19.4. The maximum Gasteiger partial charge on any atom is 0.339 e. The highest BCUT2D eigenvalue weighted by molar-refractivity contribution is 8.01. The van der Waals surface area contributed by atoms with Gasteiger partial charge in [0.1, 0.15) is 0 Å². The second-order valence-corrected chi connectivity index (χ2v) is 7.90. The van der Waals surface area contributed by atoms with Gasteiger partial charge in [0, 0.05) is 16.0 Å². The number of ether oxygens (including phenoxy) is 1. The molecule has 0 aliphatic heterocycles. The molecule has 1 amide bonds. The number of benzene rings is 2. The number of anilines is 1. The number of thiazole rings is 1. The van der Waals surface area contributed by atoms with E-state index in [2.05, 4.69) is 10.3 Å². The quantitative estimate of drug-likeness (QED) is 0.451. The predicted molar refractivity (Wildman–Crippen MR) is 110 cm³/mol. The summed E-state index contributed by atoms with van der Waals surface area (Å²) < 4.78 is 5.52. The minimum Gasteiger partial charge on any atom is -0.465 e. The summed E-state index contributed by atoms with van der Waals surface area (Å²) in [7, 11) is 1.30. The molecule has 0 saturated carbocycles. The van der Waals surface area contributed by atoms with Gasteiger partial charge in [-0.25, -0.2) is 9.78 Å². The average Bonchev–Trinajstić information content (AvgIpc) is 3.16. The average molecular weight is 419 g/mol. The van der Waals surface area contributed by atoms with Crippen LogP contribution in [0.15, 0.2) is 58.3 Å². The third-order valence-corrected chi connectivity index (χ3v) is 5.83. The van der Waals surface area contributed by atoms with Crippen LogP contribution in [0.1, 0.15) is 10.4 Å². The molecule has 1 N–H and O–H groups in total. The molecule has 5 nitrogen and oxygen atoms in total. The first-order chi connectivity index (χ1) is 13.1. The number of rotatable bonds is 6. The minimum atomic E-state index is -0.494. The molecule has 0 atom stereocenters. The molecule has 3 aromatic rings. The number of aromatic nitrogens is 1. The van der Waals surface area contributed by atoms with Gasteiger partial charge in [-0.15, -0.1) is 11.3 Å². The van der Waals surface area contributed by atoms with E-state index >= 15 is 0 Å². The van der Waals surface area contributed by atoms with Crippen molar-refractivity contribution >= 4 is 52.3 Å². The van der Waals surface area contributed by atoms with Gasteiger partial charge >= 0.3 is 5.97 Å². The Hall–Kier alpha value is -2.35. The summed E-state index contributed by atoms with van der Waals surface area (Å²) in [6.07, 6.45) is 0. The number of nitrogens with zero attached hydrogens (tertiary/aromatic N) is 1. The van der Waals surface area contributed by atoms with Crippen molar-refractivity contribution in [3.8, 4) is 11.3 Å². The second-order valence-electron chi connectivity index (χ2n) is 5.38. The van der Waals surface area contributed by atoms with E-state index in [-0.39, 0.29) is 11.7 Å². The molecule has 2 aromatic carbocycles. The molecule has 0 saturated heterocycles. The van der Waals surface area contributed by atoms with E-state index in [0.29, 0.717) is 16.3 Å². The zero-order valence-electron chi connectivity index (χ0n) is 14.3. The van der Waals surface area contributed by atoms with E-state index in [0.717, 1.165) is 15.6 Å². The number of hydrogen-bond donors (Lipinski definition) is 1. The Labute approximate surface area is 169 Å². The highest BCUT2D eigenvalue weighted by Gasteiger charge is 2.14. The lowest BCUT2D eigenvalue weighted by atomic mass is 10.2. The SMILES string of the molecule is COC(=O)c1ccccc1NC(=O)CSc1nc(-c2ccc(Cl)cc2)cs1. The number of carbonyl (C=O) groups is 2. The Balaban J connectivity index is 1.60. The van der Waals surface area contributed by atoms with Gasteiger partial charge in [-0.1, -0.05) is 47.6 Å². The molecule has 3 rings (SSSR count). The van der Waals surface area contributed by atoms with Crippen LogP contribution in [0.5, 0.6) is 0 Å². The van der Waals surface area contributed by atoms with Crippen molar-refractivity contribution < 1.29 is 14.3 Å².